The Kier molecular flexibility index (Phi) is 3.41. The zero-order valence-electron chi connectivity index (χ0n) is 7.70. The summed E-state index contributed by atoms with van der Waals surface area (Å²) in [6, 6.07) is 9.98. The van der Waals surface area contributed by atoms with E-state index in [9.17, 15) is 4.79 Å². The smallest absolute Gasteiger partial charge is 0.263 e. The van der Waals surface area contributed by atoms with Crippen molar-refractivity contribution in [2.45, 2.75) is 6.54 Å². The molecule has 0 fully saturated rings. The van der Waals surface area contributed by atoms with Crippen LogP contribution in [0, 0.1) is 0 Å². The first-order valence-corrected chi connectivity index (χ1v) is 6.86. The van der Waals surface area contributed by atoms with Gasteiger partial charge in [-0.1, -0.05) is 52.3 Å². The van der Waals surface area contributed by atoms with Crippen LogP contribution < -0.4 is 10.1 Å². The van der Waals surface area contributed by atoms with E-state index in [0.29, 0.717) is 11.6 Å². The average Bonchev–Trinajstić information content (AvgIpc) is 2.59. The molecule has 0 spiro atoms. The first-order valence-electron chi connectivity index (χ1n) is 4.34. The van der Waals surface area contributed by atoms with Crippen molar-refractivity contribution in [2.24, 2.45) is 0 Å². The zero-order valence-corrected chi connectivity index (χ0v) is 10.1. The molecule has 2 rings (SSSR count). The lowest BCUT2D eigenvalue weighted by Crippen LogP contribution is -1.99. The van der Waals surface area contributed by atoms with Crippen molar-refractivity contribution in [3.8, 4) is 0 Å². The quantitative estimate of drug-likeness (QED) is 0.854. The van der Waals surface area contributed by atoms with Gasteiger partial charge in [-0.25, -0.2) is 0 Å². The van der Waals surface area contributed by atoms with Gasteiger partial charge in [-0.2, -0.15) is 0 Å². The van der Waals surface area contributed by atoms with Crippen LogP contribution in [0.3, 0.4) is 0 Å². The third kappa shape index (κ3) is 2.59. The van der Waals surface area contributed by atoms with E-state index < -0.39 is 0 Å². The molecule has 0 saturated heterocycles. The minimum atomic E-state index is -0.0720. The van der Waals surface area contributed by atoms with Gasteiger partial charge < -0.3 is 5.32 Å². The summed E-state index contributed by atoms with van der Waals surface area (Å²) >= 11 is 5.82. The van der Waals surface area contributed by atoms with Crippen molar-refractivity contribution < 1.29 is 0 Å². The lowest BCUT2D eigenvalue weighted by molar-refractivity contribution is 1.16. The minimum Gasteiger partial charge on any atom is -0.371 e. The maximum atomic E-state index is 11.1. The van der Waals surface area contributed by atoms with Crippen LogP contribution in [0.1, 0.15) is 5.56 Å². The van der Waals surface area contributed by atoms with Gasteiger partial charge >= 0.3 is 0 Å². The van der Waals surface area contributed by atoms with Crippen LogP contribution in [0.2, 0.25) is 5.02 Å². The van der Waals surface area contributed by atoms with E-state index in [1.807, 2.05) is 30.3 Å². The number of benzene rings is 1. The molecule has 0 radical (unpaired) electrons. The zero-order chi connectivity index (χ0) is 10.7. The molecule has 5 heteroatoms. The third-order valence-electron chi connectivity index (χ3n) is 1.88. The normalized spacial score (nSPS) is 10.2. The summed E-state index contributed by atoms with van der Waals surface area (Å²) in [5.74, 6) is 0. The van der Waals surface area contributed by atoms with Crippen molar-refractivity contribution in [1.29, 1.82) is 0 Å². The Morgan fingerprint density at radius 2 is 1.93 bits per heavy atom. The molecule has 0 amide bonds. The van der Waals surface area contributed by atoms with Gasteiger partial charge in [-0.15, -0.1) is 0 Å². The highest BCUT2D eigenvalue weighted by Crippen LogP contribution is 2.27. The summed E-state index contributed by atoms with van der Waals surface area (Å²) in [5.41, 5.74) is 1.17. The van der Waals surface area contributed by atoms with Gasteiger partial charge in [0.15, 0.2) is 0 Å². The summed E-state index contributed by atoms with van der Waals surface area (Å²) < 4.78 is -0.0720. The van der Waals surface area contributed by atoms with Gasteiger partial charge in [0.2, 0.25) is 0 Å². The highest BCUT2D eigenvalue weighted by atomic mass is 35.5. The van der Waals surface area contributed by atoms with E-state index in [2.05, 4.69) is 5.32 Å². The highest BCUT2D eigenvalue weighted by Gasteiger charge is 2.06. The summed E-state index contributed by atoms with van der Waals surface area (Å²) in [6.45, 7) is 0.688. The van der Waals surface area contributed by atoms with Crippen LogP contribution in [0.15, 0.2) is 35.1 Å². The minimum absolute atomic E-state index is 0.0720. The Balaban J connectivity index is 2.06. The molecule has 0 unspecified atom stereocenters. The third-order valence-corrected chi connectivity index (χ3v) is 4.62. The Morgan fingerprint density at radius 1 is 1.20 bits per heavy atom. The van der Waals surface area contributed by atoms with E-state index in [-0.39, 0.29) is 4.74 Å². The fourth-order valence-corrected chi connectivity index (χ4v) is 3.55. The van der Waals surface area contributed by atoms with E-state index in [4.69, 9.17) is 11.6 Å². The molecule has 1 aromatic heterocycles. The number of rotatable bonds is 3. The molecule has 0 saturated carbocycles. The fourth-order valence-electron chi connectivity index (χ4n) is 1.13. The average molecular weight is 258 g/mol. The molecular weight excluding hydrogens is 250 g/mol. The van der Waals surface area contributed by atoms with E-state index in [0.717, 1.165) is 15.3 Å². The van der Waals surface area contributed by atoms with Gasteiger partial charge in [-0.05, 0) is 15.9 Å². The summed E-state index contributed by atoms with van der Waals surface area (Å²) in [4.78, 5) is 11.1. The standard InChI is InChI=1S/C10H8ClNOS2/c11-8-9(14-15-10(8)13)12-6-7-4-2-1-3-5-7/h1-5,12H,6H2. The lowest BCUT2D eigenvalue weighted by Gasteiger charge is -2.02. The van der Waals surface area contributed by atoms with Crippen molar-refractivity contribution in [1.82, 2.24) is 0 Å². The van der Waals surface area contributed by atoms with Crippen LogP contribution in [-0.2, 0) is 6.54 Å². The number of halogens is 1. The first kappa shape index (κ1) is 10.7. The van der Waals surface area contributed by atoms with E-state index in [1.54, 1.807) is 0 Å². The summed E-state index contributed by atoms with van der Waals surface area (Å²) in [6.07, 6.45) is 0. The molecule has 2 nitrogen and oxygen atoms in total. The maximum absolute atomic E-state index is 11.1. The molecule has 0 bridgehead atoms. The topological polar surface area (TPSA) is 29.1 Å². The molecule has 78 valence electrons. The van der Waals surface area contributed by atoms with Crippen molar-refractivity contribution >= 4 is 37.3 Å². The van der Waals surface area contributed by atoms with Crippen LogP contribution in [0.25, 0.3) is 0 Å². The second-order valence-corrected chi connectivity index (χ2v) is 5.43. The Hall–Kier alpha value is -0.840. The summed E-state index contributed by atoms with van der Waals surface area (Å²) in [5, 5.41) is 4.21. The van der Waals surface area contributed by atoms with Crippen LogP contribution >= 0.6 is 32.3 Å². The maximum Gasteiger partial charge on any atom is 0.263 e. The van der Waals surface area contributed by atoms with Gasteiger partial charge in [0.25, 0.3) is 4.74 Å². The lowest BCUT2D eigenvalue weighted by atomic mass is 10.2. The van der Waals surface area contributed by atoms with Gasteiger partial charge in [0.05, 0.1) is 0 Å². The molecular formula is C10H8ClNOS2. The number of nitrogens with one attached hydrogen (secondary N) is 1. The van der Waals surface area contributed by atoms with Gasteiger partial charge in [0.1, 0.15) is 10.0 Å². The Bertz CT molecular complexity index is 492. The van der Waals surface area contributed by atoms with Crippen LogP contribution in [0.5, 0.6) is 0 Å². The Labute approximate surface area is 99.5 Å². The van der Waals surface area contributed by atoms with Crippen molar-refractivity contribution in [3.63, 3.8) is 0 Å². The van der Waals surface area contributed by atoms with E-state index >= 15 is 0 Å². The molecule has 15 heavy (non-hydrogen) atoms. The Morgan fingerprint density at radius 3 is 2.53 bits per heavy atom. The van der Waals surface area contributed by atoms with E-state index in [1.165, 1.54) is 15.9 Å². The molecule has 0 aliphatic carbocycles. The molecule has 1 aromatic carbocycles. The fraction of sp³-hybridized carbons (Fsp3) is 0.100. The number of anilines is 1. The largest absolute Gasteiger partial charge is 0.371 e. The SMILES string of the molecule is O=c1ssc(NCc2ccccc2)c1Cl. The van der Waals surface area contributed by atoms with Crippen molar-refractivity contribution in [3.05, 3.63) is 50.5 Å². The summed E-state index contributed by atoms with van der Waals surface area (Å²) in [7, 11) is 2.54. The predicted molar refractivity (Wildman–Crippen MR) is 67.2 cm³/mol. The second kappa shape index (κ2) is 4.79. The highest BCUT2D eigenvalue weighted by molar-refractivity contribution is 7.70. The van der Waals surface area contributed by atoms with Crippen LogP contribution in [0.4, 0.5) is 5.00 Å². The van der Waals surface area contributed by atoms with Gasteiger partial charge in [-0.3, -0.25) is 4.79 Å². The number of hydrogen-bond donors (Lipinski definition) is 1. The van der Waals surface area contributed by atoms with Gasteiger partial charge in [0, 0.05) is 6.54 Å². The molecule has 1 heterocycles. The second-order valence-electron chi connectivity index (χ2n) is 2.94. The number of hydrogen-bond acceptors (Lipinski definition) is 4. The van der Waals surface area contributed by atoms with Crippen molar-refractivity contribution in [2.75, 3.05) is 5.32 Å². The monoisotopic (exact) mass is 257 g/mol. The first-order chi connectivity index (χ1) is 7.27. The molecule has 0 aliphatic rings. The molecule has 0 aliphatic heterocycles. The molecule has 1 N–H and O–H groups in total. The molecule has 2 aromatic rings. The van der Waals surface area contributed by atoms with Crippen LogP contribution in [-0.4, -0.2) is 0 Å². The molecule has 0 atom stereocenters. The predicted octanol–water partition coefficient (Wildman–Crippen LogP) is 3.44.